The maximum Gasteiger partial charge on any atom is 0.236 e. The van der Waals surface area contributed by atoms with E-state index in [1.165, 1.54) is 6.08 Å². The Morgan fingerprint density at radius 2 is 2.07 bits per heavy atom. The zero-order valence-electron chi connectivity index (χ0n) is 7.60. The van der Waals surface area contributed by atoms with E-state index < -0.39 is 6.04 Å². The highest BCUT2D eigenvalue weighted by Gasteiger charge is 2.07. The Balaban J connectivity index is 2.96. The molecule has 0 aliphatic heterocycles. The van der Waals surface area contributed by atoms with E-state index in [-0.39, 0.29) is 0 Å². The third kappa shape index (κ3) is 2.46. The summed E-state index contributed by atoms with van der Waals surface area (Å²) in [4.78, 5) is 14.5. The van der Waals surface area contributed by atoms with Gasteiger partial charge in [-0.2, -0.15) is 10.3 Å². The van der Waals surface area contributed by atoms with Crippen molar-refractivity contribution in [3.05, 3.63) is 29.8 Å². The summed E-state index contributed by atoms with van der Waals surface area (Å²) in [5.41, 5.74) is 0.716. The number of nitrogens with zero attached hydrogens (tertiary/aromatic N) is 2. The molecule has 0 spiro atoms. The van der Waals surface area contributed by atoms with E-state index in [2.05, 4.69) is 4.99 Å². The lowest BCUT2D eigenvalue weighted by Crippen LogP contribution is -1.90. The van der Waals surface area contributed by atoms with Crippen LogP contribution in [0.5, 0.6) is 0 Å². The average molecular weight is 204 g/mol. The third-order valence-corrected chi connectivity index (χ3v) is 2.48. The van der Waals surface area contributed by atoms with Crippen molar-refractivity contribution in [3.8, 4) is 6.07 Å². The van der Waals surface area contributed by atoms with Crippen LogP contribution in [0.25, 0.3) is 0 Å². The molecule has 0 aromatic heterocycles. The molecule has 0 N–H and O–H groups in total. The molecule has 0 bridgehead atoms. The second kappa shape index (κ2) is 5.23. The van der Waals surface area contributed by atoms with Crippen molar-refractivity contribution < 1.29 is 4.79 Å². The van der Waals surface area contributed by atoms with Crippen molar-refractivity contribution in [3.63, 3.8) is 0 Å². The third-order valence-electron chi connectivity index (χ3n) is 1.74. The van der Waals surface area contributed by atoms with Crippen LogP contribution in [-0.2, 0) is 4.79 Å². The van der Waals surface area contributed by atoms with Crippen LogP contribution in [0.3, 0.4) is 0 Å². The first kappa shape index (κ1) is 10.5. The van der Waals surface area contributed by atoms with Crippen molar-refractivity contribution in [2.24, 2.45) is 4.99 Å². The minimum atomic E-state index is -0.733. The summed E-state index contributed by atoms with van der Waals surface area (Å²) in [6.07, 6.45) is 3.37. The molecule has 0 radical (unpaired) electrons. The maximum absolute atomic E-state index is 10.0. The van der Waals surface area contributed by atoms with Crippen LogP contribution in [0.2, 0.25) is 0 Å². The fourth-order valence-electron chi connectivity index (χ4n) is 1.02. The van der Waals surface area contributed by atoms with Crippen molar-refractivity contribution >= 4 is 17.8 Å². The lowest BCUT2D eigenvalue weighted by Gasteiger charge is -2.02. The number of hydrogen-bond donors (Lipinski definition) is 0. The lowest BCUT2D eigenvalue weighted by molar-refractivity contribution is 0.561. The van der Waals surface area contributed by atoms with Gasteiger partial charge in [0.2, 0.25) is 6.08 Å². The molecular formula is C10H8N2OS. The first-order chi connectivity index (χ1) is 6.81. The quantitative estimate of drug-likeness (QED) is 0.431. The van der Waals surface area contributed by atoms with Gasteiger partial charge in [0.05, 0.1) is 6.07 Å². The van der Waals surface area contributed by atoms with Gasteiger partial charge in [-0.3, -0.25) is 0 Å². The Morgan fingerprint density at radius 1 is 1.43 bits per heavy atom. The van der Waals surface area contributed by atoms with E-state index in [0.29, 0.717) is 5.56 Å². The Morgan fingerprint density at radius 3 is 2.50 bits per heavy atom. The molecule has 1 aromatic rings. The number of benzene rings is 1. The number of aliphatic imine (C=N–C) groups is 1. The van der Waals surface area contributed by atoms with Crippen LogP contribution in [0.15, 0.2) is 34.2 Å². The van der Waals surface area contributed by atoms with Crippen LogP contribution in [0.1, 0.15) is 11.6 Å². The highest BCUT2D eigenvalue weighted by molar-refractivity contribution is 7.98. The van der Waals surface area contributed by atoms with Crippen LogP contribution in [-0.4, -0.2) is 12.3 Å². The molecule has 1 atom stereocenters. The highest BCUT2D eigenvalue weighted by Crippen LogP contribution is 2.20. The first-order valence-electron chi connectivity index (χ1n) is 3.92. The zero-order valence-corrected chi connectivity index (χ0v) is 8.41. The molecule has 1 aromatic carbocycles. The van der Waals surface area contributed by atoms with Gasteiger partial charge < -0.3 is 0 Å². The highest BCUT2D eigenvalue weighted by atomic mass is 32.2. The molecule has 70 valence electrons. The summed E-state index contributed by atoms with van der Waals surface area (Å²) in [5.74, 6) is 0. The second-order valence-electron chi connectivity index (χ2n) is 2.53. The molecule has 0 saturated carbocycles. The maximum atomic E-state index is 10.0. The second-order valence-corrected chi connectivity index (χ2v) is 3.40. The van der Waals surface area contributed by atoms with E-state index in [4.69, 9.17) is 5.26 Å². The fourth-order valence-corrected chi connectivity index (χ4v) is 1.43. The predicted octanol–water partition coefficient (Wildman–Crippen LogP) is 2.31. The number of carbonyl (C=O) groups excluding carboxylic acids is 1. The van der Waals surface area contributed by atoms with E-state index in [1.807, 2.05) is 24.5 Å². The largest absolute Gasteiger partial charge is 0.236 e. The van der Waals surface area contributed by atoms with Gasteiger partial charge in [-0.25, -0.2) is 4.79 Å². The first-order valence-corrected chi connectivity index (χ1v) is 5.15. The smallest absolute Gasteiger partial charge is 0.211 e. The standard InChI is InChI=1S/C10H8N2OS/c1-14-9-4-2-8(3-5-9)10(6-11)12-7-13/h2-5,10H,1H3. The summed E-state index contributed by atoms with van der Waals surface area (Å²) >= 11 is 1.62. The van der Waals surface area contributed by atoms with Crippen LogP contribution in [0.4, 0.5) is 0 Å². The molecule has 3 nitrogen and oxygen atoms in total. The predicted molar refractivity (Wildman–Crippen MR) is 54.7 cm³/mol. The van der Waals surface area contributed by atoms with Gasteiger partial charge in [0.25, 0.3) is 0 Å². The Hall–Kier alpha value is -1.56. The molecule has 4 heteroatoms. The molecule has 0 aliphatic carbocycles. The Kier molecular flexibility index (Phi) is 3.93. The number of isocyanates is 1. The van der Waals surface area contributed by atoms with E-state index in [9.17, 15) is 4.79 Å². The normalized spacial score (nSPS) is 11.1. The summed E-state index contributed by atoms with van der Waals surface area (Å²) in [6.45, 7) is 0. The summed E-state index contributed by atoms with van der Waals surface area (Å²) in [5, 5.41) is 8.71. The number of rotatable bonds is 3. The van der Waals surface area contributed by atoms with E-state index >= 15 is 0 Å². The van der Waals surface area contributed by atoms with Crippen molar-refractivity contribution in [1.29, 1.82) is 5.26 Å². The van der Waals surface area contributed by atoms with Crippen LogP contribution >= 0.6 is 11.8 Å². The van der Waals surface area contributed by atoms with Gasteiger partial charge >= 0.3 is 0 Å². The zero-order chi connectivity index (χ0) is 10.4. The molecule has 1 unspecified atom stereocenters. The average Bonchev–Trinajstić information content (AvgIpc) is 2.26. The Bertz CT molecular complexity index is 388. The van der Waals surface area contributed by atoms with Gasteiger partial charge in [-0.1, -0.05) is 12.1 Å². The van der Waals surface area contributed by atoms with Gasteiger partial charge in [-0.15, -0.1) is 11.8 Å². The van der Waals surface area contributed by atoms with Gasteiger partial charge in [0, 0.05) is 4.90 Å². The van der Waals surface area contributed by atoms with Gasteiger partial charge in [0.15, 0.2) is 6.04 Å². The summed E-state index contributed by atoms with van der Waals surface area (Å²) < 4.78 is 0. The van der Waals surface area contributed by atoms with Crippen molar-refractivity contribution in [1.82, 2.24) is 0 Å². The van der Waals surface area contributed by atoms with Crippen LogP contribution in [0, 0.1) is 11.3 Å². The molecule has 1 rings (SSSR count). The molecule has 0 saturated heterocycles. The number of thioether (sulfide) groups is 1. The molecule has 0 aliphatic rings. The lowest BCUT2D eigenvalue weighted by atomic mass is 10.1. The van der Waals surface area contributed by atoms with Gasteiger partial charge in [0.1, 0.15) is 0 Å². The molecular weight excluding hydrogens is 196 g/mol. The van der Waals surface area contributed by atoms with E-state index in [1.54, 1.807) is 23.9 Å². The van der Waals surface area contributed by atoms with Crippen molar-refractivity contribution in [2.45, 2.75) is 10.9 Å². The summed E-state index contributed by atoms with van der Waals surface area (Å²) in [6, 6.07) is 8.56. The molecule has 0 amide bonds. The topological polar surface area (TPSA) is 53.2 Å². The van der Waals surface area contributed by atoms with E-state index in [0.717, 1.165) is 4.90 Å². The van der Waals surface area contributed by atoms with Crippen LogP contribution < -0.4 is 0 Å². The molecule has 0 fully saturated rings. The molecule has 14 heavy (non-hydrogen) atoms. The minimum Gasteiger partial charge on any atom is -0.211 e. The number of hydrogen-bond acceptors (Lipinski definition) is 4. The molecule has 0 heterocycles. The number of nitriles is 1. The fraction of sp³-hybridized carbons (Fsp3) is 0.200. The SMILES string of the molecule is CSc1ccc(C(C#N)N=C=O)cc1. The minimum absolute atomic E-state index is 0.716. The summed E-state index contributed by atoms with van der Waals surface area (Å²) in [7, 11) is 0. The van der Waals surface area contributed by atoms with Crippen molar-refractivity contribution in [2.75, 3.05) is 6.26 Å². The Labute approximate surface area is 86.5 Å². The monoisotopic (exact) mass is 204 g/mol. The van der Waals surface area contributed by atoms with Gasteiger partial charge in [-0.05, 0) is 24.0 Å².